The molecular formula is C26H28N2O2. The van der Waals surface area contributed by atoms with Crippen LogP contribution in [0.1, 0.15) is 43.5 Å². The van der Waals surface area contributed by atoms with Crippen LogP contribution >= 0.6 is 0 Å². The molecule has 2 aliphatic rings. The molecule has 1 aromatic heterocycles. The van der Waals surface area contributed by atoms with Crippen molar-refractivity contribution in [2.75, 3.05) is 7.11 Å². The second kappa shape index (κ2) is 7.44. The third-order valence-electron chi connectivity index (χ3n) is 7.06. The smallest absolute Gasteiger partial charge is 0.119 e. The number of fused-ring (bicyclic) bond motifs is 2. The molecule has 0 saturated heterocycles. The Morgan fingerprint density at radius 2 is 2.00 bits per heavy atom. The van der Waals surface area contributed by atoms with Gasteiger partial charge in [0.15, 0.2) is 0 Å². The van der Waals surface area contributed by atoms with E-state index in [0.717, 1.165) is 48.4 Å². The van der Waals surface area contributed by atoms with Gasteiger partial charge in [-0.05, 0) is 49.0 Å². The van der Waals surface area contributed by atoms with Gasteiger partial charge in [0, 0.05) is 17.5 Å². The molecule has 1 aliphatic carbocycles. The largest absolute Gasteiger partial charge is 0.497 e. The van der Waals surface area contributed by atoms with Gasteiger partial charge in [-0.15, -0.1) is 0 Å². The summed E-state index contributed by atoms with van der Waals surface area (Å²) in [6, 6.07) is 18.2. The van der Waals surface area contributed by atoms with E-state index in [9.17, 15) is 5.11 Å². The summed E-state index contributed by atoms with van der Waals surface area (Å²) in [6.45, 7) is 3.16. The van der Waals surface area contributed by atoms with Crippen molar-refractivity contribution in [3.05, 3.63) is 77.8 Å². The maximum absolute atomic E-state index is 11.4. The van der Waals surface area contributed by atoms with Gasteiger partial charge in [-0.3, -0.25) is 0 Å². The second-order valence-electron chi connectivity index (χ2n) is 8.78. The van der Waals surface area contributed by atoms with Gasteiger partial charge in [-0.1, -0.05) is 55.0 Å². The van der Waals surface area contributed by atoms with Crippen molar-refractivity contribution < 1.29 is 9.84 Å². The van der Waals surface area contributed by atoms with Gasteiger partial charge < -0.3 is 14.4 Å². The number of methoxy groups -OCH3 is 1. The molecule has 30 heavy (non-hydrogen) atoms. The van der Waals surface area contributed by atoms with Crippen LogP contribution in [0.2, 0.25) is 0 Å². The molecule has 0 radical (unpaired) electrons. The monoisotopic (exact) mass is 400 g/mol. The summed E-state index contributed by atoms with van der Waals surface area (Å²) in [5.74, 6) is 0.941. The van der Waals surface area contributed by atoms with Gasteiger partial charge in [0.05, 0.1) is 30.9 Å². The van der Waals surface area contributed by atoms with Crippen molar-refractivity contribution in [1.82, 2.24) is 9.55 Å². The minimum atomic E-state index is -0.521. The zero-order valence-corrected chi connectivity index (χ0v) is 17.6. The van der Waals surface area contributed by atoms with Crippen LogP contribution in [-0.4, -0.2) is 21.8 Å². The van der Waals surface area contributed by atoms with Gasteiger partial charge >= 0.3 is 0 Å². The van der Waals surface area contributed by atoms with Crippen molar-refractivity contribution in [3.8, 4) is 17.0 Å². The highest BCUT2D eigenvalue weighted by atomic mass is 16.5. The summed E-state index contributed by atoms with van der Waals surface area (Å²) >= 11 is 0. The number of hydrogen-bond donors (Lipinski definition) is 1. The minimum absolute atomic E-state index is 0.0948. The number of imidazole rings is 1. The van der Waals surface area contributed by atoms with E-state index in [1.54, 1.807) is 7.11 Å². The van der Waals surface area contributed by atoms with Gasteiger partial charge in [-0.2, -0.15) is 0 Å². The molecule has 5 rings (SSSR count). The number of aromatic nitrogens is 2. The Hall–Kier alpha value is -2.85. The lowest BCUT2D eigenvalue weighted by Gasteiger charge is -2.48. The van der Waals surface area contributed by atoms with E-state index < -0.39 is 6.10 Å². The van der Waals surface area contributed by atoms with Crippen LogP contribution in [0.25, 0.3) is 17.3 Å². The summed E-state index contributed by atoms with van der Waals surface area (Å²) in [6.07, 6.45) is 6.97. The van der Waals surface area contributed by atoms with Crippen LogP contribution in [-0.2, 0) is 6.54 Å². The average Bonchev–Trinajstić information content (AvgIpc) is 3.19. The Morgan fingerprint density at radius 1 is 1.17 bits per heavy atom. The zero-order valence-electron chi connectivity index (χ0n) is 17.6. The van der Waals surface area contributed by atoms with Crippen LogP contribution in [0.5, 0.6) is 5.75 Å². The van der Waals surface area contributed by atoms with Crippen molar-refractivity contribution in [3.63, 3.8) is 0 Å². The minimum Gasteiger partial charge on any atom is -0.497 e. The summed E-state index contributed by atoms with van der Waals surface area (Å²) < 4.78 is 7.65. The van der Waals surface area contributed by atoms with Gasteiger partial charge in [0.2, 0.25) is 0 Å². The molecule has 0 unspecified atom stereocenters. The summed E-state index contributed by atoms with van der Waals surface area (Å²) in [7, 11) is 1.67. The van der Waals surface area contributed by atoms with Crippen molar-refractivity contribution >= 4 is 6.08 Å². The Kier molecular flexibility index (Phi) is 4.75. The molecule has 1 fully saturated rings. The highest BCUT2D eigenvalue weighted by Gasteiger charge is 2.46. The van der Waals surface area contributed by atoms with Crippen molar-refractivity contribution in [1.29, 1.82) is 0 Å². The molecule has 2 heterocycles. The van der Waals surface area contributed by atoms with Crippen LogP contribution in [0.3, 0.4) is 0 Å². The summed E-state index contributed by atoms with van der Waals surface area (Å²) in [5.41, 5.74) is 5.65. The quantitative estimate of drug-likeness (QED) is 0.629. The standard InChI is InChI=1S/C26H28N2O2/c1-26-16-28-17-27-24(18-8-4-3-5-9-18)23(28)15-20(26)11-7-13-22(26)25(29)19-10-6-12-21(14-19)30-2/h3-6,8-10,12,14-15,17,22,25,29H,7,11,13,16H2,1-2H3/t22-,25+,26+/m1/s1. The zero-order chi connectivity index (χ0) is 20.7. The van der Waals surface area contributed by atoms with E-state index in [-0.39, 0.29) is 11.3 Å². The molecular weight excluding hydrogens is 372 g/mol. The maximum atomic E-state index is 11.4. The first-order valence-corrected chi connectivity index (χ1v) is 10.7. The summed E-state index contributed by atoms with van der Waals surface area (Å²) in [4.78, 5) is 4.75. The number of nitrogens with zero attached hydrogens (tertiary/aromatic N) is 2. The van der Waals surface area contributed by atoms with E-state index in [0.29, 0.717) is 0 Å². The fourth-order valence-corrected chi connectivity index (χ4v) is 5.38. The molecule has 1 aliphatic heterocycles. The molecule has 3 atom stereocenters. The number of hydrogen-bond acceptors (Lipinski definition) is 3. The van der Waals surface area contributed by atoms with E-state index in [2.05, 4.69) is 41.8 Å². The molecule has 1 N–H and O–H groups in total. The fourth-order valence-electron chi connectivity index (χ4n) is 5.38. The molecule has 1 saturated carbocycles. The number of benzene rings is 2. The SMILES string of the molecule is COc1cccc([C@H](O)[C@H]2CCCC3=Cc4c(-c5ccccc5)ncn4C[C@@]32C)c1. The van der Waals surface area contributed by atoms with E-state index >= 15 is 0 Å². The van der Waals surface area contributed by atoms with E-state index in [1.165, 1.54) is 11.3 Å². The fraction of sp³-hybridized carbons (Fsp3) is 0.346. The predicted molar refractivity (Wildman–Crippen MR) is 119 cm³/mol. The first-order chi connectivity index (χ1) is 14.6. The molecule has 4 nitrogen and oxygen atoms in total. The number of ether oxygens (including phenoxy) is 1. The topological polar surface area (TPSA) is 47.3 Å². The molecule has 0 bridgehead atoms. The Morgan fingerprint density at radius 3 is 2.80 bits per heavy atom. The van der Waals surface area contributed by atoms with Crippen molar-refractivity contribution in [2.45, 2.75) is 38.8 Å². The normalized spacial score (nSPS) is 23.8. The summed E-state index contributed by atoms with van der Waals surface area (Å²) in [5, 5.41) is 11.4. The van der Waals surface area contributed by atoms with Crippen LogP contribution in [0.4, 0.5) is 0 Å². The van der Waals surface area contributed by atoms with E-state index in [1.807, 2.05) is 36.7 Å². The molecule has 154 valence electrons. The third kappa shape index (κ3) is 3.07. The molecule has 0 spiro atoms. The second-order valence-corrected chi connectivity index (χ2v) is 8.78. The third-order valence-corrected chi connectivity index (χ3v) is 7.06. The van der Waals surface area contributed by atoms with Crippen molar-refractivity contribution in [2.24, 2.45) is 11.3 Å². The van der Waals surface area contributed by atoms with Gasteiger partial charge in [0.25, 0.3) is 0 Å². The number of aliphatic hydroxyl groups excluding tert-OH is 1. The number of rotatable bonds is 4. The number of allylic oxidation sites excluding steroid dienone is 1. The lowest BCUT2D eigenvalue weighted by atomic mass is 9.60. The van der Waals surface area contributed by atoms with E-state index in [4.69, 9.17) is 9.72 Å². The lowest BCUT2D eigenvalue weighted by Crippen LogP contribution is -2.42. The average molecular weight is 401 g/mol. The lowest BCUT2D eigenvalue weighted by molar-refractivity contribution is 0.0123. The maximum Gasteiger partial charge on any atom is 0.119 e. The van der Waals surface area contributed by atoms with Crippen LogP contribution in [0.15, 0.2) is 66.5 Å². The van der Waals surface area contributed by atoms with Gasteiger partial charge in [-0.25, -0.2) is 4.98 Å². The van der Waals surface area contributed by atoms with Crippen LogP contribution in [0, 0.1) is 11.3 Å². The number of aliphatic hydroxyl groups is 1. The molecule has 3 aromatic rings. The Bertz CT molecular complexity index is 1090. The predicted octanol–water partition coefficient (Wildman–Crippen LogP) is 5.50. The van der Waals surface area contributed by atoms with Gasteiger partial charge in [0.1, 0.15) is 5.75 Å². The molecule has 0 amide bonds. The highest BCUT2D eigenvalue weighted by molar-refractivity contribution is 5.72. The first kappa shape index (κ1) is 19.1. The molecule has 2 aromatic carbocycles. The highest BCUT2D eigenvalue weighted by Crippen LogP contribution is 2.54. The van der Waals surface area contributed by atoms with Crippen LogP contribution < -0.4 is 4.74 Å². The Balaban J connectivity index is 1.52. The Labute approximate surface area is 177 Å². The first-order valence-electron chi connectivity index (χ1n) is 10.7. The molecule has 4 heteroatoms.